The quantitative estimate of drug-likeness (QED) is 0.108. The van der Waals surface area contributed by atoms with Crippen LogP contribution in [-0.2, 0) is 0 Å². The summed E-state index contributed by atoms with van der Waals surface area (Å²) in [5.41, 5.74) is 15.5. The molecule has 19 aromatic rings. The van der Waals surface area contributed by atoms with Gasteiger partial charge in [-0.3, -0.25) is 0 Å². The third-order valence-electron chi connectivity index (χ3n) is 23.6. The molecule has 0 amide bonds. The Labute approximate surface area is 722 Å². The third kappa shape index (κ3) is 12.6. The molecule has 12 aromatic carbocycles. The highest BCUT2D eigenvalue weighted by molar-refractivity contribution is 6.37. The highest BCUT2D eigenvalue weighted by Gasteiger charge is 2.30. The molecule has 24 heteroatoms. The van der Waals surface area contributed by atoms with Gasteiger partial charge in [-0.15, -0.1) is 0 Å². The van der Waals surface area contributed by atoms with E-state index < -0.39 is 22.5 Å². The van der Waals surface area contributed by atoms with Crippen LogP contribution in [0.1, 0.15) is 22.3 Å². The molecule has 0 saturated carbocycles. The van der Waals surface area contributed by atoms with Gasteiger partial charge in [-0.2, -0.15) is 0 Å². The predicted octanol–water partition coefficient (Wildman–Crippen LogP) is 24.5. The fraction of sp³-hybridized carbons (Fsp3) is 0.0800. The molecule has 2 aliphatic rings. The first-order valence-corrected chi connectivity index (χ1v) is 40.7. The van der Waals surface area contributed by atoms with E-state index in [-0.39, 0.29) is 45.9 Å². The van der Waals surface area contributed by atoms with Crippen molar-refractivity contribution >= 4 is 134 Å². The molecule has 2 aliphatic heterocycles. The van der Waals surface area contributed by atoms with E-state index in [4.69, 9.17) is 113 Å². The number of benzene rings is 12. The van der Waals surface area contributed by atoms with Crippen molar-refractivity contribution < 1.29 is 36.6 Å². The molecule has 0 aliphatic carbocycles. The largest absolute Gasteiger partial charge is 0.497 e. The summed E-state index contributed by atoms with van der Waals surface area (Å²) < 4.78 is 46.3. The van der Waals surface area contributed by atoms with Crippen LogP contribution in [-0.4, -0.2) is 68.3 Å². The molecule has 21 rings (SSSR count). The highest BCUT2D eigenvalue weighted by atomic mass is 35.5. The summed E-state index contributed by atoms with van der Waals surface area (Å²) >= 11 is 30.8. The van der Waals surface area contributed by atoms with Crippen LogP contribution in [0.25, 0.3) is 223 Å². The lowest BCUT2D eigenvalue weighted by Gasteiger charge is -2.14. The van der Waals surface area contributed by atoms with Gasteiger partial charge in [0.15, 0.2) is 23.3 Å². The number of nitrogens with one attached hydrogen (secondary N) is 2. The lowest BCUT2D eigenvalue weighted by atomic mass is 9.93. The van der Waals surface area contributed by atoms with E-state index in [1.165, 1.54) is 24.3 Å². The number of fused-ring (bicyclic) bond motifs is 24. The summed E-state index contributed by atoms with van der Waals surface area (Å²) in [6.45, 7) is 7.53. The second-order valence-electron chi connectivity index (χ2n) is 30.4. The van der Waals surface area contributed by atoms with Gasteiger partial charge in [0.1, 0.15) is 67.9 Å². The normalized spacial score (nSPS) is 11.8. The Kier molecular flexibility index (Phi) is 18.2. The summed E-state index contributed by atoms with van der Waals surface area (Å²) in [4.78, 5) is 94.8. The number of ether oxygens (including phenoxy) is 4. The zero-order valence-corrected chi connectivity index (χ0v) is 69.9. The third-order valence-corrected chi connectivity index (χ3v) is 24.8. The van der Waals surface area contributed by atoms with Crippen LogP contribution in [0, 0.1) is 27.7 Å². The lowest BCUT2D eigenvalue weighted by molar-refractivity contribution is 0.415. The summed E-state index contributed by atoms with van der Waals surface area (Å²) in [6, 6.07) is 66.0. The topological polar surface area (TPSA) is 267 Å². The number of halogens is 4. The van der Waals surface area contributed by atoms with Crippen molar-refractivity contribution in [3.8, 4) is 158 Å². The predicted molar refractivity (Wildman–Crippen MR) is 489 cm³/mol. The first kappa shape index (κ1) is 76.6. The number of rotatable bonds is 12. The molecule has 7 aromatic heterocycles. The number of nitrogens with zero attached hydrogens (tertiary/aromatic N) is 6. The standard InChI is InChI=1S/C100H62Cl4N8O12/c1-45-57(25-29-61-65(41-85(113)121-89(45)61)49-9-17-53(117-5)18-10-49)69-33-73-77(37-81(69)101)97-105-93(73)109-98-78-38-82(102)70(58-26-30-62-66(42-86(114)122-90(62)46(58)2)50-11-19-54(118-6)20-12-50)34-74(78)95(106-98)111-100-80-40-84(104)72(60-28-32-64-68(44-88(116)124-92(64)48(60)4)52-15-23-56(120-8)24-16-52)36-76(80)96(108-100)112-99-79-39-83(103)71(35-75(79)94(107-99)110-97)59-27-31-63-67(43-87(115)123-91(63)47(59)3)51-13-21-55(119-7)22-14-51/h9-44H,1-8H3,(H2,105,106,107,108,109,110,111,112). The van der Waals surface area contributed by atoms with Gasteiger partial charge in [-0.25, -0.2) is 49.1 Å². The molecule has 602 valence electrons. The highest BCUT2D eigenvalue weighted by Crippen LogP contribution is 2.50. The Morgan fingerprint density at radius 3 is 0.710 bits per heavy atom. The van der Waals surface area contributed by atoms with Crippen molar-refractivity contribution in [2.75, 3.05) is 28.4 Å². The first-order chi connectivity index (χ1) is 60.1. The minimum Gasteiger partial charge on any atom is -0.497 e. The number of aromatic amines is 2. The number of aryl methyl sites for hydroxylation is 4. The fourth-order valence-corrected chi connectivity index (χ4v) is 18.4. The van der Waals surface area contributed by atoms with Gasteiger partial charge in [0, 0.05) is 154 Å². The van der Waals surface area contributed by atoms with Crippen molar-refractivity contribution in [3.63, 3.8) is 0 Å². The summed E-state index contributed by atoms with van der Waals surface area (Å²) in [7, 11) is 6.38. The maximum absolute atomic E-state index is 13.7. The molecule has 20 nitrogen and oxygen atoms in total. The van der Waals surface area contributed by atoms with Crippen molar-refractivity contribution in [2.45, 2.75) is 27.7 Å². The Morgan fingerprint density at radius 1 is 0.234 bits per heavy atom. The van der Waals surface area contributed by atoms with Gasteiger partial charge in [0.25, 0.3) is 0 Å². The van der Waals surface area contributed by atoms with Gasteiger partial charge < -0.3 is 46.6 Å². The summed E-state index contributed by atoms with van der Waals surface area (Å²) in [5.74, 6) is 3.40. The van der Waals surface area contributed by atoms with Gasteiger partial charge in [-0.1, -0.05) is 119 Å². The number of aromatic nitrogens is 8. The molecule has 0 unspecified atom stereocenters. The lowest BCUT2D eigenvalue weighted by Crippen LogP contribution is -2.00. The van der Waals surface area contributed by atoms with E-state index in [0.29, 0.717) is 220 Å². The van der Waals surface area contributed by atoms with E-state index in [1.54, 1.807) is 40.6 Å². The van der Waals surface area contributed by atoms with Gasteiger partial charge in [-0.05, 0) is 216 Å². The maximum Gasteiger partial charge on any atom is 0.336 e. The average molecular weight is 1710 g/mol. The van der Waals surface area contributed by atoms with Gasteiger partial charge >= 0.3 is 22.5 Å². The smallest absolute Gasteiger partial charge is 0.336 e. The van der Waals surface area contributed by atoms with Crippen LogP contribution >= 0.6 is 46.4 Å². The zero-order chi connectivity index (χ0) is 85.1. The Balaban J connectivity index is 0.827. The molecule has 0 fully saturated rings. The van der Waals surface area contributed by atoms with Crippen molar-refractivity contribution in [2.24, 2.45) is 0 Å². The first-order valence-electron chi connectivity index (χ1n) is 39.2. The molecule has 9 heterocycles. The van der Waals surface area contributed by atoms with E-state index in [2.05, 4.69) is 9.97 Å². The van der Waals surface area contributed by atoms with Crippen molar-refractivity contribution in [3.05, 3.63) is 302 Å². The average Bonchev–Trinajstić information content (AvgIpc) is 1.55. The minimum absolute atomic E-state index is 0.186. The van der Waals surface area contributed by atoms with Gasteiger partial charge in [0.2, 0.25) is 0 Å². The Morgan fingerprint density at radius 2 is 0.460 bits per heavy atom. The molecule has 2 N–H and O–H groups in total. The van der Waals surface area contributed by atoms with Crippen LogP contribution in [0.15, 0.2) is 255 Å². The van der Waals surface area contributed by atoms with E-state index in [9.17, 15) is 19.2 Å². The van der Waals surface area contributed by atoms with Crippen LogP contribution in [0.5, 0.6) is 23.0 Å². The maximum atomic E-state index is 13.7. The molecule has 0 saturated heterocycles. The Hall–Kier alpha value is -14.8. The van der Waals surface area contributed by atoms with Crippen LogP contribution < -0.4 is 41.4 Å². The zero-order valence-electron chi connectivity index (χ0n) is 66.9. The molecule has 0 atom stereocenters. The number of methoxy groups -OCH3 is 4. The molecular formula is C100H62Cl4N8O12. The van der Waals surface area contributed by atoms with E-state index in [1.807, 2.05) is 210 Å². The van der Waals surface area contributed by atoms with Crippen molar-refractivity contribution in [1.82, 2.24) is 39.9 Å². The van der Waals surface area contributed by atoms with Crippen LogP contribution in [0.2, 0.25) is 20.1 Å². The van der Waals surface area contributed by atoms with Crippen LogP contribution in [0.4, 0.5) is 0 Å². The van der Waals surface area contributed by atoms with Gasteiger partial charge in [0.05, 0.1) is 28.4 Å². The number of hydrogen-bond donors (Lipinski definition) is 2. The SMILES string of the molecule is COc1ccc(-c2cc(=O)oc3c(C)c(-c4cc5c(cc4Cl)-c4nc-5nc5[nH]c(nc6nc(nc7[nH]c(n4)c4cc(-c8ccc9c(-c%10ccc(OC)cc%10)cc(=O)oc9c8C)c(Cl)cc74)-c4cc(-c7ccc8c(-c9ccc(OC)cc9)cc(=O)oc8c7C)c(Cl)cc4-6)c4cc(-c6ccc7c(-c8ccc(OC)cc8)cc(=O)oc7c6C)c(Cl)cc54)ccc23)cc1. The van der Waals surface area contributed by atoms with E-state index >= 15 is 0 Å². The number of H-pyrrole nitrogens is 2. The molecule has 124 heavy (non-hydrogen) atoms. The molecular weight excluding hydrogens is 1650 g/mol. The minimum atomic E-state index is -0.547. The molecule has 0 radical (unpaired) electrons. The number of hydrogen-bond acceptors (Lipinski definition) is 18. The summed E-state index contributed by atoms with van der Waals surface area (Å²) in [6.07, 6.45) is 0. The monoisotopic (exact) mass is 1710 g/mol. The second-order valence-corrected chi connectivity index (χ2v) is 32.0. The fourth-order valence-electron chi connectivity index (χ4n) is 17.3. The molecule has 8 bridgehead atoms. The second kappa shape index (κ2) is 29.5. The Bertz CT molecular complexity index is 7880. The summed E-state index contributed by atoms with van der Waals surface area (Å²) in [5, 5.41) is 6.10. The molecule has 0 spiro atoms. The van der Waals surface area contributed by atoms with E-state index in [0.717, 1.165) is 22.3 Å². The van der Waals surface area contributed by atoms with Crippen molar-refractivity contribution in [1.29, 1.82) is 0 Å². The van der Waals surface area contributed by atoms with Crippen LogP contribution in [0.3, 0.4) is 0 Å².